The maximum atomic E-state index is 12.6. The summed E-state index contributed by atoms with van der Waals surface area (Å²) in [6.07, 6.45) is 2.22. The third-order valence-electron chi connectivity index (χ3n) is 3.99. The molecule has 0 bridgehead atoms. The van der Waals surface area contributed by atoms with E-state index in [9.17, 15) is 4.79 Å². The van der Waals surface area contributed by atoms with E-state index in [2.05, 4.69) is 0 Å². The standard InChI is InChI=1S/C17H26N2O2/c1-4-21-13-14-6-5-11-19(12-14)17(20)15-7-9-16(10-8-15)18(2)3/h7-10,14H,4-6,11-13H2,1-3H3. The van der Waals surface area contributed by atoms with Crippen molar-refractivity contribution >= 4 is 11.6 Å². The lowest BCUT2D eigenvalue weighted by atomic mass is 9.98. The van der Waals surface area contributed by atoms with Gasteiger partial charge in [-0.3, -0.25) is 4.79 Å². The first-order valence-corrected chi connectivity index (χ1v) is 7.76. The summed E-state index contributed by atoms with van der Waals surface area (Å²) in [5, 5.41) is 0. The highest BCUT2D eigenvalue weighted by molar-refractivity contribution is 5.94. The van der Waals surface area contributed by atoms with Gasteiger partial charge in [-0.05, 0) is 49.9 Å². The first kappa shape index (κ1) is 15.8. The average Bonchev–Trinajstić information content (AvgIpc) is 2.52. The molecule has 0 N–H and O–H groups in total. The van der Waals surface area contributed by atoms with Crippen LogP contribution in [0.4, 0.5) is 5.69 Å². The quantitative estimate of drug-likeness (QED) is 0.836. The first-order chi connectivity index (χ1) is 10.1. The van der Waals surface area contributed by atoms with Crippen LogP contribution in [0.25, 0.3) is 0 Å². The number of anilines is 1. The molecule has 1 amide bonds. The summed E-state index contributed by atoms with van der Waals surface area (Å²) < 4.78 is 5.51. The maximum absolute atomic E-state index is 12.6. The molecule has 2 rings (SSSR count). The predicted octanol–water partition coefficient (Wildman–Crippen LogP) is 2.64. The van der Waals surface area contributed by atoms with Crippen molar-refractivity contribution in [2.75, 3.05) is 45.3 Å². The molecule has 1 aliphatic rings. The van der Waals surface area contributed by atoms with Crippen LogP contribution < -0.4 is 4.90 Å². The van der Waals surface area contributed by atoms with Crippen LogP contribution in [0.2, 0.25) is 0 Å². The highest BCUT2D eigenvalue weighted by Gasteiger charge is 2.24. The first-order valence-electron chi connectivity index (χ1n) is 7.76. The van der Waals surface area contributed by atoms with Gasteiger partial charge in [0.1, 0.15) is 0 Å². The Morgan fingerprint density at radius 2 is 2.05 bits per heavy atom. The maximum Gasteiger partial charge on any atom is 0.253 e. The molecule has 1 aromatic carbocycles. The second kappa shape index (κ2) is 7.46. The van der Waals surface area contributed by atoms with Gasteiger partial charge in [0.15, 0.2) is 0 Å². The fraction of sp³-hybridized carbons (Fsp3) is 0.588. The molecule has 0 aromatic heterocycles. The monoisotopic (exact) mass is 290 g/mol. The Morgan fingerprint density at radius 1 is 1.33 bits per heavy atom. The molecule has 0 saturated carbocycles. The normalized spacial score (nSPS) is 18.6. The van der Waals surface area contributed by atoms with Crippen molar-refractivity contribution in [3.8, 4) is 0 Å². The summed E-state index contributed by atoms with van der Waals surface area (Å²) in [5.41, 5.74) is 1.89. The van der Waals surface area contributed by atoms with E-state index in [1.807, 2.05) is 55.1 Å². The van der Waals surface area contributed by atoms with Gasteiger partial charge >= 0.3 is 0 Å². The number of piperidine rings is 1. The highest BCUT2D eigenvalue weighted by Crippen LogP contribution is 2.20. The number of carbonyl (C=O) groups excluding carboxylic acids is 1. The fourth-order valence-corrected chi connectivity index (χ4v) is 2.75. The second-order valence-corrected chi connectivity index (χ2v) is 5.86. The fourth-order valence-electron chi connectivity index (χ4n) is 2.75. The van der Waals surface area contributed by atoms with Crippen LogP contribution in [0.5, 0.6) is 0 Å². The summed E-state index contributed by atoms with van der Waals surface area (Å²) in [4.78, 5) is 16.6. The van der Waals surface area contributed by atoms with Crippen molar-refractivity contribution < 1.29 is 9.53 Å². The van der Waals surface area contributed by atoms with E-state index >= 15 is 0 Å². The van der Waals surface area contributed by atoms with Crippen molar-refractivity contribution in [1.82, 2.24) is 4.90 Å². The van der Waals surface area contributed by atoms with Crippen molar-refractivity contribution in [1.29, 1.82) is 0 Å². The lowest BCUT2D eigenvalue weighted by Crippen LogP contribution is -2.41. The van der Waals surface area contributed by atoms with Crippen LogP contribution in [0.3, 0.4) is 0 Å². The summed E-state index contributed by atoms with van der Waals surface area (Å²) in [6.45, 7) is 5.19. The Morgan fingerprint density at radius 3 is 2.67 bits per heavy atom. The molecule has 1 unspecified atom stereocenters. The molecule has 4 nitrogen and oxygen atoms in total. The minimum absolute atomic E-state index is 0.140. The van der Waals surface area contributed by atoms with Crippen molar-refractivity contribution in [2.45, 2.75) is 19.8 Å². The number of likely N-dealkylation sites (tertiary alicyclic amines) is 1. The smallest absolute Gasteiger partial charge is 0.253 e. The van der Waals surface area contributed by atoms with Crippen LogP contribution in [0.15, 0.2) is 24.3 Å². The second-order valence-electron chi connectivity index (χ2n) is 5.86. The predicted molar refractivity (Wildman–Crippen MR) is 85.9 cm³/mol. The number of nitrogens with zero attached hydrogens (tertiary/aromatic N) is 2. The molecule has 1 heterocycles. The van der Waals surface area contributed by atoms with E-state index < -0.39 is 0 Å². The van der Waals surface area contributed by atoms with Gasteiger partial charge in [0, 0.05) is 45.0 Å². The summed E-state index contributed by atoms with van der Waals surface area (Å²) >= 11 is 0. The minimum atomic E-state index is 0.140. The van der Waals surface area contributed by atoms with Gasteiger partial charge < -0.3 is 14.5 Å². The molecule has 1 aromatic rings. The molecule has 0 spiro atoms. The van der Waals surface area contributed by atoms with Gasteiger partial charge in [-0.25, -0.2) is 0 Å². The van der Waals surface area contributed by atoms with Crippen LogP contribution >= 0.6 is 0 Å². The zero-order valence-electron chi connectivity index (χ0n) is 13.3. The molecular weight excluding hydrogens is 264 g/mol. The number of carbonyl (C=O) groups is 1. The minimum Gasteiger partial charge on any atom is -0.381 e. The van der Waals surface area contributed by atoms with Gasteiger partial charge in [-0.1, -0.05) is 0 Å². The number of ether oxygens (including phenoxy) is 1. The SMILES string of the molecule is CCOCC1CCCN(C(=O)c2ccc(N(C)C)cc2)C1. The van der Waals surface area contributed by atoms with Gasteiger partial charge in [0.05, 0.1) is 6.61 Å². The third-order valence-corrected chi connectivity index (χ3v) is 3.99. The van der Waals surface area contributed by atoms with Crippen LogP contribution in [-0.4, -0.2) is 51.2 Å². The van der Waals surface area contributed by atoms with Crippen molar-refractivity contribution in [2.24, 2.45) is 5.92 Å². The molecule has 1 aliphatic heterocycles. The Kier molecular flexibility index (Phi) is 5.62. The van der Waals surface area contributed by atoms with Crippen molar-refractivity contribution in [3.63, 3.8) is 0 Å². The molecular formula is C17H26N2O2. The molecule has 1 fully saturated rings. The van der Waals surface area contributed by atoms with E-state index in [0.29, 0.717) is 5.92 Å². The Labute approximate surface area is 127 Å². The van der Waals surface area contributed by atoms with E-state index in [-0.39, 0.29) is 5.91 Å². The molecule has 1 saturated heterocycles. The molecule has 4 heteroatoms. The number of hydrogen-bond acceptors (Lipinski definition) is 3. The largest absolute Gasteiger partial charge is 0.381 e. The molecule has 0 aliphatic carbocycles. The number of amides is 1. The van der Waals surface area contributed by atoms with Gasteiger partial charge in [-0.2, -0.15) is 0 Å². The Balaban J connectivity index is 1.98. The van der Waals surface area contributed by atoms with Gasteiger partial charge in [0.25, 0.3) is 5.91 Å². The Bertz CT molecular complexity index is 456. The molecule has 1 atom stereocenters. The lowest BCUT2D eigenvalue weighted by Gasteiger charge is -2.32. The summed E-state index contributed by atoms with van der Waals surface area (Å²) in [7, 11) is 4.00. The zero-order chi connectivity index (χ0) is 15.2. The summed E-state index contributed by atoms with van der Waals surface area (Å²) in [5.74, 6) is 0.616. The van der Waals surface area contributed by atoms with Gasteiger partial charge in [-0.15, -0.1) is 0 Å². The van der Waals surface area contributed by atoms with Crippen LogP contribution in [0.1, 0.15) is 30.1 Å². The zero-order valence-corrected chi connectivity index (χ0v) is 13.3. The lowest BCUT2D eigenvalue weighted by molar-refractivity contribution is 0.0501. The number of benzene rings is 1. The molecule has 0 radical (unpaired) electrons. The van der Waals surface area contributed by atoms with Gasteiger partial charge in [0.2, 0.25) is 0 Å². The number of rotatable bonds is 5. The van der Waals surface area contributed by atoms with Crippen LogP contribution in [-0.2, 0) is 4.74 Å². The third kappa shape index (κ3) is 4.21. The van der Waals surface area contributed by atoms with E-state index in [1.54, 1.807) is 0 Å². The molecule has 21 heavy (non-hydrogen) atoms. The van der Waals surface area contributed by atoms with E-state index in [0.717, 1.165) is 50.4 Å². The van der Waals surface area contributed by atoms with E-state index in [1.165, 1.54) is 0 Å². The Hall–Kier alpha value is -1.55. The number of hydrogen-bond donors (Lipinski definition) is 0. The summed E-state index contributed by atoms with van der Waals surface area (Å²) in [6, 6.07) is 7.83. The van der Waals surface area contributed by atoms with Crippen LogP contribution in [0, 0.1) is 5.92 Å². The highest BCUT2D eigenvalue weighted by atomic mass is 16.5. The van der Waals surface area contributed by atoms with E-state index in [4.69, 9.17) is 4.74 Å². The average molecular weight is 290 g/mol. The topological polar surface area (TPSA) is 32.8 Å². The van der Waals surface area contributed by atoms with Crippen molar-refractivity contribution in [3.05, 3.63) is 29.8 Å². The molecule has 116 valence electrons.